The summed E-state index contributed by atoms with van der Waals surface area (Å²) < 4.78 is 17.1. The van der Waals surface area contributed by atoms with Crippen LogP contribution in [0.2, 0.25) is 0 Å². The molecule has 0 aliphatic heterocycles. The Hall–Kier alpha value is 4.08. The maximum atomic E-state index is 8.55. The second-order valence-corrected chi connectivity index (χ2v) is 2.68. The summed E-state index contributed by atoms with van der Waals surface area (Å²) in [6.45, 7) is 0. The van der Waals surface area contributed by atoms with E-state index in [1.54, 1.807) is 0 Å². The average Bonchev–Trinajstić information content (AvgIpc) is 1.12. The van der Waals surface area contributed by atoms with Gasteiger partial charge >= 0.3 is 69.2 Å². The summed E-state index contributed by atoms with van der Waals surface area (Å²) in [5.74, 6) is 0. The van der Waals surface area contributed by atoms with Crippen molar-refractivity contribution in [1.29, 1.82) is 0 Å². The van der Waals surface area contributed by atoms with E-state index in [0.717, 1.165) is 0 Å². The molecule has 16 heavy (non-hydrogen) atoms. The van der Waals surface area contributed by atoms with Gasteiger partial charge < -0.3 is 38.5 Å². The Morgan fingerprint density at radius 2 is 0.500 bits per heavy atom. The molecule has 85 valence electrons. The van der Waals surface area contributed by atoms with Gasteiger partial charge in [-0.1, -0.05) is 0 Å². The molecule has 16 heteroatoms. The third-order valence-corrected chi connectivity index (χ3v) is 0. The number of hydrogen-bond acceptors (Lipinski definition) is 8. The first-order valence-corrected chi connectivity index (χ1v) is 4.38. The number of hydrogen-bond donors (Lipinski definition) is 0. The fourth-order valence-electron chi connectivity index (χ4n) is 0. The van der Waals surface area contributed by atoms with Crippen LogP contribution in [0.1, 0.15) is 0 Å². The molecule has 0 aliphatic rings. The Kier molecular flexibility index (Phi) is 75.5. The van der Waals surface area contributed by atoms with Gasteiger partial charge in [-0.05, 0) is 0 Å². The molecule has 0 fully saturated rings. The molecule has 0 N–H and O–H groups in total. The van der Waals surface area contributed by atoms with Gasteiger partial charge in [0.1, 0.15) is 0 Å². The van der Waals surface area contributed by atoms with Crippen LogP contribution in [0.25, 0.3) is 0 Å². The molecule has 0 aliphatic carbocycles. The summed E-state index contributed by atoms with van der Waals surface area (Å²) in [4.78, 5) is 51.3. The van der Waals surface area contributed by atoms with E-state index in [1.807, 2.05) is 0 Å². The van der Waals surface area contributed by atoms with Crippen molar-refractivity contribution in [3.05, 3.63) is 0 Å². The van der Waals surface area contributed by atoms with E-state index >= 15 is 0 Å². The van der Waals surface area contributed by atoms with E-state index in [-0.39, 0.29) is 120 Å². The molecule has 0 aromatic rings. The molecular weight excluding hydrogens is 428 g/mol. The fourth-order valence-corrected chi connectivity index (χ4v) is 0. The Morgan fingerprint density at radius 3 is 0.500 bits per heavy atom. The second-order valence-electron chi connectivity index (χ2n) is 0.894. The topological polar surface area (TPSA) is 172 Å². The first-order valence-electron chi connectivity index (χ1n) is 1.46. The Labute approximate surface area is 172 Å². The molecule has 0 atom stereocenters. The van der Waals surface area contributed by atoms with Gasteiger partial charge in [-0.3, -0.25) is 0 Å². The Balaban J connectivity index is -0.00000000970. The second kappa shape index (κ2) is 24.1. The monoisotopic (exact) mass is 427 g/mol. The summed E-state index contributed by atoms with van der Waals surface area (Å²) >= 11 is 0. The minimum absolute atomic E-state index is 0. The van der Waals surface area contributed by atoms with Gasteiger partial charge in [0.15, 0.2) is 0 Å². The van der Waals surface area contributed by atoms with Gasteiger partial charge in [0, 0.05) is 51.2 Å². The maximum absolute atomic E-state index is 8.55. The third-order valence-electron chi connectivity index (χ3n) is 0. The van der Waals surface area contributed by atoms with Crippen molar-refractivity contribution >= 4 is 84.8 Å². The van der Waals surface area contributed by atoms with Crippen molar-refractivity contribution in [3.8, 4) is 0 Å². The summed E-state index contributed by atoms with van der Waals surface area (Å²) in [6.07, 6.45) is 0. The van der Waals surface area contributed by atoms with Crippen LogP contribution in [0.3, 0.4) is 0 Å². The zero-order chi connectivity index (χ0) is 9.00. The SMILES string of the molecule is O=P([O-])([O-])[O-].O=P([O-])([O-])[O-].[Mg+2].[Mg+2].[Mg+2].[Mn].[Mn].[Mn]. The molecule has 0 unspecified atom stereocenters. The largest absolute Gasteiger partial charge is 2.00 e. The van der Waals surface area contributed by atoms with Crippen LogP contribution in [0, 0.1) is 0 Å². The van der Waals surface area contributed by atoms with E-state index < -0.39 is 15.6 Å². The molecule has 0 saturated heterocycles. The molecule has 3 radical (unpaired) electrons. The van der Waals surface area contributed by atoms with E-state index in [4.69, 9.17) is 38.5 Å². The van der Waals surface area contributed by atoms with E-state index in [1.165, 1.54) is 0 Å². The van der Waals surface area contributed by atoms with E-state index in [0.29, 0.717) is 0 Å². The van der Waals surface area contributed by atoms with Crippen molar-refractivity contribution in [2.75, 3.05) is 0 Å². The molecule has 0 saturated carbocycles. The molecular formula is Mg3Mn3O8P2. The summed E-state index contributed by atoms with van der Waals surface area (Å²) in [5.41, 5.74) is 0. The van der Waals surface area contributed by atoms with Crippen LogP contribution in [-0.2, 0) is 60.3 Å². The predicted octanol–water partition coefficient (Wildman–Crippen LogP) is -6.80. The quantitative estimate of drug-likeness (QED) is 0.271. The van der Waals surface area contributed by atoms with Crippen LogP contribution < -0.4 is 29.4 Å². The van der Waals surface area contributed by atoms with Crippen LogP contribution in [-0.4, -0.2) is 69.2 Å². The minimum atomic E-state index is -5.39. The van der Waals surface area contributed by atoms with Crippen LogP contribution >= 0.6 is 15.6 Å². The van der Waals surface area contributed by atoms with Gasteiger partial charge in [0.25, 0.3) is 0 Å². The Bertz CT molecular complexity index is 141. The molecule has 0 amide bonds. The molecule has 0 bridgehead atoms. The molecule has 0 spiro atoms. The van der Waals surface area contributed by atoms with E-state index in [9.17, 15) is 0 Å². The van der Waals surface area contributed by atoms with Crippen molar-refractivity contribution in [2.24, 2.45) is 0 Å². The van der Waals surface area contributed by atoms with E-state index in [2.05, 4.69) is 0 Å². The number of rotatable bonds is 0. The predicted molar refractivity (Wildman–Crippen MR) is 32.5 cm³/mol. The molecule has 0 aromatic carbocycles. The number of phosphoric acid groups is 2. The van der Waals surface area contributed by atoms with Crippen molar-refractivity contribution in [1.82, 2.24) is 0 Å². The summed E-state index contributed by atoms with van der Waals surface area (Å²) in [5, 5.41) is 0. The van der Waals surface area contributed by atoms with Gasteiger partial charge in [-0.15, -0.1) is 0 Å². The Morgan fingerprint density at radius 1 is 0.500 bits per heavy atom. The third kappa shape index (κ3) is 317. The molecule has 0 aromatic heterocycles. The summed E-state index contributed by atoms with van der Waals surface area (Å²) in [6, 6.07) is 0. The van der Waals surface area contributed by atoms with Gasteiger partial charge in [0.2, 0.25) is 0 Å². The van der Waals surface area contributed by atoms with Crippen LogP contribution in [0.4, 0.5) is 0 Å². The smallest absolute Gasteiger partial charge is 0.822 e. The van der Waals surface area contributed by atoms with Crippen molar-refractivity contribution in [3.63, 3.8) is 0 Å². The first kappa shape index (κ1) is 50.1. The first-order chi connectivity index (χ1) is 4.00. The normalized spacial score (nSPS) is 7.38. The molecule has 0 heterocycles. The van der Waals surface area contributed by atoms with Crippen LogP contribution in [0.15, 0.2) is 0 Å². The maximum Gasteiger partial charge on any atom is 2.00 e. The zero-order valence-corrected chi connectivity index (χ0v) is 17.0. The van der Waals surface area contributed by atoms with Gasteiger partial charge in [-0.25, -0.2) is 0 Å². The average molecular weight is 428 g/mol. The van der Waals surface area contributed by atoms with Gasteiger partial charge in [-0.2, -0.15) is 15.6 Å². The molecule has 0 rings (SSSR count). The van der Waals surface area contributed by atoms with Gasteiger partial charge in [0.05, 0.1) is 0 Å². The van der Waals surface area contributed by atoms with Crippen LogP contribution in [0.5, 0.6) is 0 Å². The van der Waals surface area contributed by atoms with Crippen molar-refractivity contribution in [2.45, 2.75) is 0 Å². The van der Waals surface area contributed by atoms with Crippen molar-refractivity contribution < 1.29 is 89.7 Å². The fraction of sp³-hybridized carbons (Fsp3) is 0. The minimum Gasteiger partial charge on any atom is -0.822 e. The standard InChI is InChI=1S/3Mg.3Mn.2H3O4P/c;;;;;;2*1-5(2,3)4/h;;;;;;2*(H3,1,2,3,4)/q3*+2;;;;;/p-6. The summed E-state index contributed by atoms with van der Waals surface area (Å²) in [7, 11) is -10.8. The molecule has 8 nitrogen and oxygen atoms in total. The zero-order valence-electron chi connectivity index (χ0n) is 7.42.